The number of primary amides is 1. The Kier molecular flexibility index (Phi) is 3.43. The van der Waals surface area contributed by atoms with Gasteiger partial charge in [-0.05, 0) is 44.2 Å². The maximum atomic E-state index is 13.0. The quantitative estimate of drug-likeness (QED) is 0.899. The van der Waals surface area contributed by atoms with E-state index in [0.29, 0.717) is 12.2 Å². The lowest BCUT2D eigenvalue weighted by molar-refractivity contribution is -0.126. The molecule has 2 atom stereocenters. The Morgan fingerprint density at radius 2 is 2.33 bits per heavy atom. The number of hydrogen-bond donors (Lipinski definition) is 1. The predicted molar refractivity (Wildman–Crippen MR) is 79.3 cm³/mol. The molecule has 0 aromatic carbocycles. The lowest BCUT2D eigenvalue weighted by Crippen LogP contribution is -2.44. The summed E-state index contributed by atoms with van der Waals surface area (Å²) < 4.78 is 0. The maximum absolute atomic E-state index is 13.0. The molecule has 1 saturated carbocycles. The molecule has 2 aliphatic rings. The van der Waals surface area contributed by atoms with Crippen molar-refractivity contribution in [3.63, 3.8) is 0 Å². The van der Waals surface area contributed by atoms with Crippen molar-refractivity contribution in [2.75, 3.05) is 4.90 Å². The van der Waals surface area contributed by atoms with Crippen molar-refractivity contribution in [1.82, 2.24) is 4.98 Å². The Morgan fingerprint density at radius 3 is 2.95 bits per heavy atom. The Bertz CT molecular complexity index is 579. The average molecular weight is 286 g/mol. The number of aromatic nitrogens is 1. The van der Waals surface area contributed by atoms with E-state index < -0.39 is 17.4 Å². The van der Waals surface area contributed by atoms with Crippen LogP contribution in [0.15, 0.2) is 18.3 Å². The van der Waals surface area contributed by atoms with Gasteiger partial charge in [-0.2, -0.15) is 0 Å². The first-order valence-corrected chi connectivity index (χ1v) is 7.41. The molecule has 1 spiro atoms. The van der Waals surface area contributed by atoms with E-state index in [-0.39, 0.29) is 5.91 Å². The molecular formula is C16H20N3O2. The molecule has 2 heterocycles. The van der Waals surface area contributed by atoms with Crippen LogP contribution in [0.3, 0.4) is 0 Å². The highest BCUT2D eigenvalue weighted by molar-refractivity contribution is 6.06. The summed E-state index contributed by atoms with van der Waals surface area (Å²) in [6.07, 6.45) is 7.91. The van der Waals surface area contributed by atoms with Gasteiger partial charge in [-0.15, -0.1) is 0 Å². The normalized spacial score (nSPS) is 24.5. The van der Waals surface area contributed by atoms with Crippen molar-refractivity contribution in [2.45, 2.75) is 45.1 Å². The van der Waals surface area contributed by atoms with E-state index in [1.54, 1.807) is 6.20 Å². The van der Waals surface area contributed by atoms with Gasteiger partial charge in [0.2, 0.25) is 11.8 Å². The molecule has 1 aliphatic carbocycles. The van der Waals surface area contributed by atoms with E-state index in [9.17, 15) is 9.59 Å². The molecule has 1 aromatic rings. The summed E-state index contributed by atoms with van der Waals surface area (Å²) in [6, 6.07) is 3.13. The van der Waals surface area contributed by atoms with Crippen LogP contribution in [-0.4, -0.2) is 22.8 Å². The average Bonchev–Trinajstić information content (AvgIpc) is 2.74. The largest absolute Gasteiger partial charge is 0.368 e. The van der Waals surface area contributed by atoms with Crippen molar-refractivity contribution in [1.29, 1.82) is 0 Å². The van der Waals surface area contributed by atoms with Crippen molar-refractivity contribution >= 4 is 17.6 Å². The zero-order chi connectivity index (χ0) is 15.0. The fourth-order valence-corrected chi connectivity index (χ4v) is 3.59. The number of carbonyl (C=O) groups is 2. The molecule has 0 bridgehead atoms. The molecule has 1 saturated heterocycles. The zero-order valence-electron chi connectivity index (χ0n) is 12.2. The Morgan fingerprint density at radius 1 is 1.52 bits per heavy atom. The van der Waals surface area contributed by atoms with E-state index in [1.807, 2.05) is 19.1 Å². The number of aryl methyl sites for hydroxylation is 1. The highest BCUT2D eigenvalue weighted by Gasteiger charge is 2.54. The summed E-state index contributed by atoms with van der Waals surface area (Å²) in [5.74, 6) is 0.119. The second kappa shape index (κ2) is 5.13. The van der Waals surface area contributed by atoms with Crippen molar-refractivity contribution < 1.29 is 9.59 Å². The minimum atomic E-state index is -0.586. The topological polar surface area (TPSA) is 76.3 Å². The van der Waals surface area contributed by atoms with Gasteiger partial charge in [0.15, 0.2) is 0 Å². The first-order valence-electron chi connectivity index (χ1n) is 7.41. The van der Waals surface area contributed by atoms with Gasteiger partial charge in [0.1, 0.15) is 11.9 Å². The number of nitrogens with zero attached hydrogens (tertiary/aromatic N) is 2. The number of rotatable bonds is 2. The van der Waals surface area contributed by atoms with Crippen LogP contribution in [0.4, 0.5) is 5.82 Å². The molecule has 5 heteroatoms. The molecule has 111 valence electrons. The molecule has 1 aromatic heterocycles. The van der Waals surface area contributed by atoms with Crippen LogP contribution in [0.2, 0.25) is 0 Å². The van der Waals surface area contributed by atoms with Gasteiger partial charge in [0.05, 0.1) is 5.41 Å². The standard InChI is InChI=1S/C16H20N3O2/c1-11-6-5-9-18-14(11)19-12(13(17)20)10-16(15(19)21)7-3-2-4-8-16/h3,5-6,9,12H,2,4,7-8,10H2,1H3,(H2,17,20). The molecule has 2 N–H and O–H groups in total. The van der Waals surface area contributed by atoms with Crippen LogP contribution in [0.1, 0.15) is 37.7 Å². The second-order valence-electron chi connectivity index (χ2n) is 6.11. The molecule has 1 radical (unpaired) electrons. The van der Waals surface area contributed by atoms with Crippen molar-refractivity contribution in [3.05, 3.63) is 30.3 Å². The van der Waals surface area contributed by atoms with E-state index in [2.05, 4.69) is 11.4 Å². The number of pyridine rings is 1. The highest BCUT2D eigenvalue weighted by Crippen LogP contribution is 2.48. The summed E-state index contributed by atoms with van der Waals surface area (Å²) in [5, 5.41) is 0. The van der Waals surface area contributed by atoms with Crippen LogP contribution in [0.25, 0.3) is 0 Å². The summed E-state index contributed by atoms with van der Waals surface area (Å²) >= 11 is 0. The fraction of sp³-hybridized carbons (Fsp3) is 0.500. The first kappa shape index (κ1) is 14.0. The van der Waals surface area contributed by atoms with Crippen LogP contribution < -0.4 is 10.6 Å². The van der Waals surface area contributed by atoms with Crippen molar-refractivity contribution in [3.8, 4) is 0 Å². The summed E-state index contributed by atoms with van der Waals surface area (Å²) in [6.45, 7) is 1.89. The third-order valence-electron chi connectivity index (χ3n) is 4.71. The molecule has 5 nitrogen and oxygen atoms in total. The smallest absolute Gasteiger partial charge is 0.240 e. The number of carbonyl (C=O) groups excluding carboxylic acids is 2. The molecular weight excluding hydrogens is 266 g/mol. The number of anilines is 1. The van der Waals surface area contributed by atoms with E-state index >= 15 is 0 Å². The molecule has 2 amide bonds. The second-order valence-corrected chi connectivity index (χ2v) is 6.11. The third-order valence-corrected chi connectivity index (χ3v) is 4.71. The zero-order valence-corrected chi connectivity index (χ0v) is 12.2. The van der Waals surface area contributed by atoms with E-state index in [0.717, 1.165) is 31.2 Å². The molecule has 1 aliphatic heterocycles. The summed E-state index contributed by atoms with van der Waals surface area (Å²) in [5.41, 5.74) is 5.98. The predicted octanol–water partition coefficient (Wildman–Crippen LogP) is 1.75. The van der Waals surface area contributed by atoms with Crippen LogP contribution in [0.5, 0.6) is 0 Å². The highest BCUT2D eigenvalue weighted by atomic mass is 16.2. The van der Waals surface area contributed by atoms with Gasteiger partial charge in [-0.3, -0.25) is 14.5 Å². The third kappa shape index (κ3) is 2.20. The molecule has 2 fully saturated rings. The van der Waals surface area contributed by atoms with Gasteiger partial charge in [0, 0.05) is 6.20 Å². The van der Waals surface area contributed by atoms with Crippen LogP contribution in [-0.2, 0) is 9.59 Å². The van der Waals surface area contributed by atoms with Crippen LogP contribution in [0, 0.1) is 18.8 Å². The maximum Gasteiger partial charge on any atom is 0.240 e. The van der Waals surface area contributed by atoms with Crippen molar-refractivity contribution in [2.24, 2.45) is 11.1 Å². The van der Waals surface area contributed by atoms with Gasteiger partial charge in [-0.25, -0.2) is 4.98 Å². The summed E-state index contributed by atoms with van der Waals surface area (Å²) in [7, 11) is 0. The van der Waals surface area contributed by atoms with E-state index in [4.69, 9.17) is 5.73 Å². The lowest BCUT2D eigenvalue weighted by atomic mass is 9.72. The SMILES string of the molecule is Cc1cccnc1N1C(=O)C2(C[CH]CCC2)CC1C(N)=O. The van der Waals surface area contributed by atoms with E-state index in [1.165, 1.54) is 4.90 Å². The van der Waals surface area contributed by atoms with Gasteiger partial charge in [0.25, 0.3) is 0 Å². The number of nitrogens with two attached hydrogens (primary N) is 1. The van der Waals surface area contributed by atoms with Gasteiger partial charge >= 0.3 is 0 Å². The Balaban J connectivity index is 2.03. The van der Waals surface area contributed by atoms with Crippen LogP contribution >= 0.6 is 0 Å². The minimum Gasteiger partial charge on any atom is -0.368 e. The Labute approximate surface area is 124 Å². The van der Waals surface area contributed by atoms with Gasteiger partial charge in [-0.1, -0.05) is 18.9 Å². The molecule has 3 rings (SSSR count). The lowest BCUT2D eigenvalue weighted by Gasteiger charge is -2.31. The Hall–Kier alpha value is -1.91. The molecule has 21 heavy (non-hydrogen) atoms. The summed E-state index contributed by atoms with van der Waals surface area (Å²) in [4.78, 5) is 30.7. The monoisotopic (exact) mass is 286 g/mol. The number of amides is 2. The van der Waals surface area contributed by atoms with Gasteiger partial charge < -0.3 is 5.73 Å². The minimum absolute atomic E-state index is 0.00375. The first-order chi connectivity index (χ1) is 10.1. The molecule has 2 unspecified atom stereocenters. The number of hydrogen-bond acceptors (Lipinski definition) is 3. The fourth-order valence-electron chi connectivity index (χ4n) is 3.59.